The van der Waals surface area contributed by atoms with Crippen molar-refractivity contribution >= 4 is 35.2 Å². The van der Waals surface area contributed by atoms with Crippen LogP contribution in [-0.2, 0) is 20.1 Å². The summed E-state index contributed by atoms with van der Waals surface area (Å²) in [4.78, 5) is 9.39. The summed E-state index contributed by atoms with van der Waals surface area (Å²) in [6.07, 6.45) is 8.43. The Morgan fingerprint density at radius 2 is 1.51 bits per heavy atom. The second kappa shape index (κ2) is 16.2. The Morgan fingerprint density at radius 1 is 0.809 bits per heavy atom. The third-order valence-electron chi connectivity index (χ3n) is 9.22. The van der Waals surface area contributed by atoms with Crippen LogP contribution >= 0.6 is 0 Å². The maximum absolute atomic E-state index is 6.55. The van der Waals surface area contributed by atoms with Crippen molar-refractivity contribution in [2.45, 2.75) is 91.8 Å². The number of para-hydroxylation sites is 1. The van der Waals surface area contributed by atoms with Crippen LogP contribution in [0.4, 0.5) is 0 Å². The van der Waals surface area contributed by atoms with Crippen molar-refractivity contribution in [3.63, 3.8) is 0 Å². The van der Waals surface area contributed by atoms with Crippen molar-refractivity contribution in [2.24, 2.45) is 0 Å². The summed E-state index contributed by atoms with van der Waals surface area (Å²) in [6, 6.07) is 31.9. The van der Waals surface area contributed by atoms with Crippen molar-refractivity contribution < 1.29 is 24.5 Å². The van der Waals surface area contributed by atoms with E-state index in [1.165, 1.54) is 32.6 Å². The van der Waals surface area contributed by atoms with Crippen molar-refractivity contribution in [3.05, 3.63) is 114 Å². The number of furan rings is 1. The average Bonchev–Trinajstić information content (AvgIpc) is 3.46. The van der Waals surface area contributed by atoms with E-state index in [0.717, 1.165) is 59.4 Å². The standard InChI is InChI=1S/C30H38NOSi.C12H10N.Ir/c1-8-20(9-2)22-18-25(21(10-3)11-4)29(31-19-22)24-16-17-27(33(5,6)7)28-23-14-12-13-15-26(23)32-30(24)28;1-10-7-8-13-12(9-10)11-5-3-2-4-6-11;/h12-15,17-21H,8-11H2,1-7H3;2-5,7-9H,1H3;/q2*-1;. The third kappa shape index (κ3) is 8.03. The molecule has 0 saturated heterocycles. The molecular weight excluding hydrogens is 769 g/mol. The minimum absolute atomic E-state index is 0. The molecule has 3 heterocycles. The van der Waals surface area contributed by atoms with E-state index in [-0.39, 0.29) is 20.1 Å². The number of rotatable bonds is 9. The summed E-state index contributed by atoms with van der Waals surface area (Å²) < 4.78 is 6.55. The van der Waals surface area contributed by atoms with Gasteiger partial charge < -0.3 is 14.4 Å². The van der Waals surface area contributed by atoms with Gasteiger partial charge in [-0.15, -0.1) is 53.2 Å². The number of aryl methyl sites for hydroxylation is 1. The molecule has 0 aliphatic heterocycles. The van der Waals surface area contributed by atoms with Crippen LogP contribution in [0.3, 0.4) is 0 Å². The molecule has 0 amide bonds. The number of benzene rings is 3. The van der Waals surface area contributed by atoms with Crippen LogP contribution in [0.1, 0.15) is 81.9 Å². The van der Waals surface area contributed by atoms with Gasteiger partial charge in [0.25, 0.3) is 0 Å². The fourth-order valence-electron chi connectivity index (χ4n) is 6.51. The summed E-state index contributed by atoms with van der Waals surface area (Å²) in [7, 11) is -1.60. The van der Waals surface area contributed by atoms with E-state index in [4.69, 9.17) is 9.40 Å². The molecule has 0 atom stereocenters. The molecule has 1 radical (unpaired) electrons. The van der Waals surface area contributed by atoms with Crippen LogP contribution in [0.25, 0.3) is 44.5 Å². The Balaban J connectivity index is 0.000000298. The molecule has 3 aromatic heterocycles. The van der Waals surface area contributed by atoms with Gasteiger partial charge in [0.15, 0.2) is 0 Å². The van der Waals surface area contributed by atoms with E-state index in [1.54, 1.807) is 0 Å². The molecule has 0 unspecified atom stereocenters. The predicted molar refractivity (Wildman–Crippen MR) is 199 cm³/mol. The number of pyridine rings is 2. The second-order valence-electron chi connectivity index (χ2n) is 13.4. The normalized spacial score (nSPS) is 11.5. The first-order valence-corrected chi connectivity index (χ1v) is 20.5. The molecule has 0 fully saturated rings. The average molecular weight is 817 g/mol. The zero-order chi connectivity index (χ0) is 32.8. The van der Waals surface area contributed by atoms with E-state index < -0.39 is 8.07 Å². The van der Waals surface area contributed by atoms with E-state index in [9.17, 15) is 0 Å². The smallest absolute Gasteiger partial charge is 0.120 e. The van der Waals surface area contributed by atoms with Gasteiger partial charge in [-0.1, -0.05) is 99.7 Å². The first-order chi connectivity index (χ1) is 22.2. The first kappa shape index (κ1) is 36.5. The molecule has 247 valence electrons. The van der Waals surface area contributed by atoms with Gasteiger partial charge in [0.05, 0.1) is 5.58 Å². The number of fused-ring (bicyclic) bond motifs is 3. The minimum Gasteiger partial charge on any atom is -0.501 e. The fraction of sp³-hybridized carbons (Fsp3) is 0.333. The molecule has 3 aromatic carbocycles. The van der Waals surface area contributed by atoms with Crippen molar-refractivity contribution in [1.82, 2.24) is 9.97 Å². The Bertz CT molecular complexity index is 1900. The first-order valence-electron chi connectivity index (χ1n) is 17.0. The Kier molecular flexibility index (Phi) is 12.5. The molecule has 0 bridgehead atoms. The van der Waals surface area contributed by atoms with E-state index >= 15 is 0 Å². The second-order valence-corrected chi connectivity index (χ2v) is 18.4. The van der Waals surface area contributed by atoms with Gasteiger partial charge in [-0.05, 0) is 73.5 Å². The van der Waals surface area contributed by atoms with Gasteiger partial charge in [0.1, 0.15) is 5.58 Å². The summed E-state index contributed by atoms with van der Waals surface area (Å²) >= 11 is 0. The minimum atomic E-state index is -1.60. The van der Waals surface area contributed by atoms with Gasteiger partial charge in [0, 0.05) is 46.0 Å². The topological polar surface area (TPSA) is 38.9 Å². The molecule has 0 N–H and O–H groups in total. The van der Waals surface area contributed by atoms with Crippen LogP contribution < -0.4 is 5.19 Å². The summed E-state index contributed by atoms with van der Waals surface area (Å²) in [5.74, 6) is 1.04. The van der Waals surface area contributed by atoms with Gasteiger partial charge in [-0.25, -0.2) is 0 Å². The number of hydrogen-bond acceptors (Lipinski definition) is 3. The largest absolute Gasteiger partial charge is 0.501 e. The molecule has 3 nitrogen and oxygen atoms in total. The molecular formula is C42H48IrN2OSi-2. The third-order valence-corrected chi connectivity index (χ3v) is 11.2. The molecule has 6 aromatic rings. The van der Waals surface area contributed by atoms with E-state index in [0.29, 0.717) is 11.8 Å². The van der Waals surface area contributed by atoms with Crippen molar-refractivity contribution in [2.75, 3.05) is 0 Å². The quantitative estimate of drug-likeness (QED) is 0.108. The van der Waals surface area contributed by atoms with E-state index in [1.807, 2.05) is 36.5 Å². The van der Waals surface area contributed by atoms with Crippen LogP contribution in [0.2, 0.25) is 19.6 Å². The molecule has 0 saturated carbocycles. The van der Waals surface area contributed by atoms with Gasteiger partial charge in [-0.2, -0.15) is 0 Å². The number of hydrogen-bond donors (Lipinski definition) is 0. The molecule has 0 aliphatic carbocycles. The van der Waals surface area contributed by atoms with Crippen LogP contribution in [0.15, 0.2) is 89.6 Å². The predicted octanol–water partition coefficient (Wildman–Crippen LogP) is 11.7. The SMILES string of the molecule is CCC(CC)c1cnc(-c2[c-]cc([Si](C)(C)C)c3c2oc2ccccc23)c(C(CC)CC)c1.Cc1ccnc(-c2[c-]cccc2)c1.[Ir]. The molecule has 5 heteroatoms. The molecule has 47 heavy (non-hydrogen) atoms. The summed E-state index contributed by atoms with van der Waals surface area (Å²) in [5.41, 5.74) is 9.94. The molecule has 6 rings (SSSR count). The Labute approximate surface area is 296 Å². The molecule has 0 spiro atoms. The Hall–Kier alpha value is -3.37. The summed E-state index contributed by atoms with van der Waals surface area (Å²) in [5, 5.41) is 3.88. The van der Waals surface area contributed by atoms with E-state index in [2.05, 4.69) is 120 Å². The zero-order valence-electron chi connectivity index (χ0n) is 29.2. The maximum Gasteiger partial charge on any atom is 0.120 e. The Morgan fingerprint density at radius 3 is 2.15 bits per heavy atom. The maximum atomic E-state index is 6.55. The van der Waals surface area contributed by atoms with Gasteiger partial charge >= 0.3 is 0 Å². The zero-order valence-corrected chi connectivity index (χ0v) is 32.6. The summed E-state index contributed by atoms with van der Waals surface area (Å²) in [6.45, 7) is 18.4. The van der Waals surface area contributed by atoms with Crippen molar-refractivity contribution in [1.29, 1.82) is 0 Å². The van der Waals surface area contributed by atoms with Crippen LogP contribution in [0, 0.1) is 19.1 Å². The monoisotopic (exact) mass is 817 g/mol. The van der Waals surface area contributed by atoms with Crippen molar-refractivity contribution in [3.8, 4) is 22.5 Å². The number of nitrogens with zero attached hydrogens (tertiary/aromatic N) is 2. The fourth-order valence-corrected chi connectivity index (χ4v) is 8.01. The number of aromatic nitrogens is 2. The van der Waals surface area contributed by atoms with Gasteiger partial charge in [0.2, 0.25) is 0 Å². The molecule has 0 aliphatic rings. The van der Waals surface area contributed by atoms with Gasteiger partial charge in [-0.3, -0.25) is 0 Å². The van der Waals surface area contributed by atoms with Crippen LogP contribution in [0.5, 0.6) is 0 Å². The van der Waals surface area contributed by atoms with Crippen LogP contribution in [-0.4, -0.2) is 18.0 Å².